The van der Waals surface area contributed by atoms with Gasteiger partial charge in [0, 0.05) is 5.41 Å². The first kappa shape index (κ1) is 9.00. The highest BCUT2D eigenvalue weighted by molar-refractivity contribution is 5.83. The maximum Gasteiger partial charge on any atom is 0.0683 e. The fraction of sp³-hybridized carbons (Fsp3) is 0.467. The number of ether oxygens (including phenoxy) is 1. The van der Waals surface area contributed by atoms with Crippen molar-refractivity contribution >= 4 is 5.57 Å². The molecule has 1 heterocycles. The normalized spacial score (nSPS) is 30.6. The van der Waals surface area contributed by atoms with E-state index in [0.29, 0.717) is 0 Å². The van der Waals surface area contributed by atoms with Crippen molar-refractivity contribution in [1.29, 1.82) is 0 Å². The maximum absolute atomic E-state index is 5.79. The van der Waals surface area contributed by atoms with Crippen molar-refractivity contribution in [3.63, 3.8) is 0 Å². The number of rotatable bonds is 0. The van der Waals surface area contributed by atoms with Crippen molar-refractivity contribution in [1.82, 2.24) is 0 Å². The van der Waals surface area contributed by atoms with Crippen LogP contribution in [0.25, 0.3) is 5.57 Å². The lowest BCUT2D eigenvalue weighted by molar-refractivity contribution is 0.0836. The van der Waals surface area contributed by atoms with Gasteiger partial charge in [-0.3, -0.25) is 0 Å². The molecule has 2 aliphatic carbocycles. The van der Waals surface area contributed by atoms with E-state index in [2.05, 4.69) is 25.1 Å². The third-order valence-electron chi connectivity index (χ3n) is 4.42. The molecule has 1 unspecified atom stereocenters. The van der Waals surface area contributed by atoms with Crippen LogP contribution in [0.4, 0.5) is 0 Å². The van der Waals surface area contributed by atoms with E-state index in [1.54, 1.807) is 27.8 Å². The van der Waals surface area contributed by atoms with Crippen molar-refractivity contribution in [2.75, 3.05) is 13.2 Å². The molecular formula is C15H16O. The molecule has 0 N–H and O–H groups in total. The molecule has 0 amide bonds. The molecule has 16 heavy (non-hydrogen) atoms. The molecule has 1 aliphatic heterocycles. The van der Waals surface area contributed by atoms with Gasteiger partial charge in [0.25, 0.3) is 0 Å². The molecule has 1 heteroatoms. The van der Waals surface area contributed by atoms with Crippen LogP contribution in [-0.4, -0.2) is 13.2 Å². The molecule has 0 radical (unpaired) electrons. The summed E-state index contributed by atoms with van der Waals surface area (Å²) in [5.74, 6) is 0. The SMILES string of the molecule is CC12COCC3=C1c1c(cccc1C2)CC3. The fourth-order valence-corrected chi connectivity index (χ4v) is 3.82. The smallest absolute Gasteiger partial charge is 0.0683 e. The topological polar surface area (TPSA) is 9.23 Å². The number of hydrogen-bond acceptors (Lipinski definition) is 1. The highest BCUT2D eigenvalue weighted by Crippen LogP contribution is 2.53. The number of hydrogen-bond donors (Lipinski definition) is 0. The fourth-order valence-electron chi connectivity index (χ4n) is 3.82. The minimum atomic E-state index is 0.270. The minimum absolute atomic E-state index is 0.270. The third-order valence-corrected chi connectivity index (χ3v) is 4.42. The second kappa shape index (κ2) is 2.78. The average molecular weight is 212 g/mol. The van der Waals surface area contributed by atoms with Crippen molar-refractivity contribution < 1.29 is 4.74 Å². The Hall–Kier alpha value is -1.08. The lowest BCUT2D eigenvalue weighted by atomic mass is 9.75. The van der Waals surface area contributed by atoms with E-state index in [4.69, 9.17) is 4.74 Å². The van der Waals surface area contributed by atoms with Crippen LogP contribution in [0.1, 0.15) is 30.0 Å². The highest BCUT2D eigenvalue weighted by Gasteiger charge is 2.44. The van der Waals surface area contributed by atoms with Gasteiger partial charge in [-0.1, -0.05) is 25.1 Å². The summed E-state index contributed by atoms with van der Waals surface area (Å²) in [6.45, 7) is 4.15. The molecule has 0 saturated carbocycles. The van der Waals surface area contributed by atoms with Gasteiger partial charge in [-0.25, -0.2) is 0 Å². The van der Waals surface area contributed by atoms with Crippen molar-refractivity contribution in [3.05, 3.63) is 40.5 Å². The first-order chi connectivity index (χ1) is 7.78. The van der Waals surface area contributed by atoms with E-state index in [1.807, 2.05) is 0 Å². The Morgan fingerprint density at radius 3 is 3.00 bits per heavy atom. The molecular weight excluding hydrogens is 196 g/mol. The second-order valence-electron chi connectivity index (χ2n) is 5.66. The Morgan fingerprint density at radius 1 is 1.19 bits per heavy atom. The lowest BCUT2D eigenvalue weighted by Gasteiger charge is -2.35. The predicted molar refractivity (Wildman–Crippen MR) is 64.3 cm³/mol. The molecule has 1 aromatic rings. The van der Waals surface area contributed by atoms with Gasteiger partial charge in [-0.05, 0) is 47.1 Å². The molecule has 1 atom stereocenters. The Labute approximate surface area is 96.1 Å². The average Bonchev–Trinajstić information content (AvgIpc) is 2.60. The van der Waals surface area contributed by atoms with E-state index in [1.165, 1.54) is 19.3 Å². The van der Waals surface area contributed by atoms with Crippen LogP contribution in [0.3, 0.4) is 0 Å². The van der Waals surface area contributed by atoms with Crippen molar-refractivity contribution in [3.8, 4) is 0 Å². The molecule has 3 aliphatic rings. The lowest BCUT2D eigenvalue weighted by Crippen LogP contribution is -2.30. The Balaban J connectivity index is 2.07. The van der Waals surface area contributed by atoms with Gasteiger partial charge in [-0.15, -0.1) is 0 Å². The molecule has 0 bridgehead atoms. The summed E-state index contributed by atoms with van der Waals surface area (Å²) < 4.78 is 5.79. The van der Waals surface area contributed by atoms with Crippen molar-refractivity contribution in [2.45, 2.75) is 26.2 Å². The minimum Gasteiger partial charge on any atom is -0.376 e. The summed E-state index contributed by atoms with van der Waals surface area (Å²) in [5.41, 5.74) is 8.21. The zero-order valence-electron chi connectivity index (χ0n) is 9.68. The van der Waals surface area contributed by atoms with Crippen LogP contribution < -0.4 is 0 Å². The van der Waals surface area contributed by atoms with Crippen LogP contribution in [0.2, 0.25) is 0 Å². The Bertz CT molecular complexity index is 512. The highest BCUT2D eigenvalue weighted by atomic mass is 16.5. The Morgan fingerprint density at radius 2 is 2.06 bits per heavy atom. The summed E-state index contributed by atoms with van der Waals surface area (Å²) in [4.78, 5) is 0. The number of aryl methyl sites for hydroxylation is 1. The van der Waals surface area contributed by atoms with Gasteiger partial charge in [0.1, 0.15) is 0 Å². The van der Waals surface area contributed by atoms with Crippen LogP contribution >= 0.6 is 0 Å². The maximum atomic E-state index is 5.79. The predicted octanol–water partition coefficient (Wildman–Crippen LogP) is 2.98. The summed E-state index contributed by atoms with van der Waals surface area (Å²) in [5, 5.41) is 0. The molecule has 1 nitrogen and oxygen atoms in total. The van der Waals surface area contributed by atoms with E-state index in [-0.39, 0.29) is 5.41 Å². The molecule has 82 valence electrons. The van der Waals surface area contributed by atoms with Crippen molar-refractivity contribution in [2.24, 2.45) is 5.41 Å². The number of benzene rings is 1. The standard InChI is InChI=1S/C15H16O/c1-15-7-11-4-2-3-10-5-6-12(8-16-9-15)14(15)13(10)11/h2-4H,5-9H2,1H3. The first-order valence-corrected chi connectivity index (χ1v) is 6.19. The molecule has 4 rings (SSSR count). The van der Waals surface area contributed by atoms with E-state index in [0.717, 1.165) is 13.2 Å². The van der Waals surface area contributed by atoms with Gasteiger partial charge in [0.2, 0.25) is 0 Å². The zero-order chi connectivity index (χ0) is 10.8. The van der Waals surface area contributed by atoms with E-state index >= 15 is 0 Å². The summed E-state index contributed by atoms with van der Waals surface area (Å²) in [6.07, 6.45) is 3.60. The molecule has 0 aromatic heterocycles. The van der Waals surface area contributed by atoms with Gasteiger partial charge in [0.15, 0.2) is 0 Å². The van der Waals surface area contributed by atoms with E-state index in [9.17, 15) is 0 Å². The Kier molecular flexibility index (Phi) is 1.56. The molecule has 0 spiro atoms. The van der Waals surface area contributed by atoms with Gasteiger partial charge < -0.3 is 4.74 Å². The molecule has 1 aromatic carbocycles. The summed E-state index contributed by atoms with van der Waals surface area (Å²) in [7, 11) is 0. The van der Waals surface area contributed by atoms with Crippen LogP contribution in [0, 0.1) is 5.41 Å². The molecule has 0 fully saturated rings. The quantitative estimate of drug-likeness (QED) is 0.642. The second-order valence-corrected chi connectivity index (χ2v) is 5.66. The summed E-state index contributed by atoms with van der Waals surface area (Å²) in [6, 6.07) is 6.84. The third kappa shape index (κ3) is 0.952. The van der Waals surface area contributed by atoms with Crippen LogP contribution in [0.5, 0.6) is 0 Å². The first-order valence-electron chi connectivity index (χ1n) is 6.19. The van der Waals surface area contributed by atoms with Gasteiger partial charge in [0.05, 0.1) is 13.2 Å². The van der Waals surface area contributed by atoms with Gasteiger partial charge >= 0.3 is 0 Å². The van der Waals surface area contributed by atoms with Crippen LogP contribution in [0.15, 0.2) is 23.8 Å². The van der Waals surface area contributed by atoms with E-state index < -0.39 is 0 Å². The summed E-state index contributed by atoms with van der Waals surface area (Å²) >= 11 is 0. The largest absolute Gasteiger partial charge is 0.376 e. The van der Waals surface area contributed by atoms with Crippen LogP contribution in [-0.2, 0) is 17.6 Å². The van der Waals surface area contributed by atoms with Gasteiger partial charge in [-0.2, -0.15) is 0 Å². The monoisotopic (exact) mass is 212 g/mol. The zero-order valence-corrected chi connectivity index (χ0v) is 9.68. The molecule has 0 saturated heterocycles.